The Morgan fingerprint density at radius 2 is 0.816 bits per heavy atom. The third-order valence-electron chi connectivity index (χ3n) is 18.7. The minimum atomic E-state index is -1.16. The maximum absolute atomic E-state index is 13.3. The number of primary amides is 3. The van der Waals surface area contributed by atoms with E-state index < -0.39 is 78.7 Å². The van der Waals surface area contributed by atoms with Crippen LogP contribution in [-0.4, -0.2) is 210 Å². The molecule has 3 aliphatic heterocycles. The number of nitrogens with two attached hydrogens (primary N) is 3. The molecule has 0 aromatic heterocycles. The smallest absolute Gasteiger partial charge is 0.312 e. The van der Waals surface area contributed by atoms with Crippen molar-refractivity contribution in [2.75, 3.05) is 51.1 Å². The van der Waals surface area contributed by atoms with Gasteiger partial charge >= 0.3 is 18.1 Å². The first-order valence-corrected chi connectivity index (χ1v) is 39.4. The van der Waals surface area contributed by atoms with Gasteiger partial charge in [-0.05, 0) is 133 Å². The lowest BCUT2D eigenvalue weighted by Gasteiger charge is -2.25. The largest absolute Gasteiger partial charge is 0.463 e. The number of imide groups is 3. The van der Waals surface area contributed by atoms with E-state index in [0.717, 1.165) is 12.8 Å². The van der Waals surface area contributed by atoms with Gasteiger partial charge in [-0.15, -0.1) is 0 Å². The highest BCUT2D eigenvalue weighted by molar-refractivity contribution is 6.05. The van der Waals surface area contributed by atoms with E-state index >= 15 is 0 Å². The molecule has 0 saturated carbocycles. The van der Waals surface area contributed by atoms with E-state index in [2.05, 4.69) is 57.9 Å². The van der Waals surface area contributed by atoms with E-state index in [9.17, 15) is 91.1 Å². The van der Waals surface area contributed by atoms with Gasteiger partial charge < -0.3 is 79.9 Å². The Bertz CT molecular complexity index is 3480. The number of ether oxygens (including phenoxy) is 1. The van der Waals surface area contributed by atoms with Crippen molar-refractivity contribution in [1.29, 1.82) is 0 Å². The van der Waals surface area contributed by atoms with E-state index in [1.807, 2.05) is 20.8 Å². The fourth-order valence-electron chi connectivity index (χ4n) is 12.2. The van der Waals surface area contributed by atoms with Gasteiger partial charge in [0.25, 0.3) is 6.45 Å². The highest BCUT2D eigenvalue weighted by Crippen LogP contribution is 2.23. The van der Waals surface area contributed by atoms with Crippen LogP contribution < -0.4 is 70.4 Å². The van der Waals surface area contributed by atoms with Gasteiger partial charge in [0.2, 0.25) is 70.9 Å². The maximum Gasteiger partial charge on any atom is 0.312 e. The number of carbonyl (C=O) groups excluding carboxylic acids is 19. The van der Waals surface area contributed by atoms with Crippen LogP contribution in [0.25, 0.3) is 0 Å². The van der Waals surface area contributed by atoms with Crippen molar-refractivity contribution in [3.8, 4) is 0 Å². The van der Waals surface area contributed by atoms with Crippen LogP contribution in [0.15, 0.2) is 24.3 Å². The Labute approximate surface area is 671 Å². The number of likely N-dealkylation sites (tertiary alicyclic amines) is 3. The Morgan fingerprint density at radius 3 is 1.12 bits per heavy atom. The number of hydrogen-bond donors (Lipinski definition) is 13. The molecule has 0 bridgehead atoms. The summed E-state index contributed by atoms with van der Waals surface area (Å²) in [7, 11) is 0. The number of unbranched alkanes of at least 4 members (excludes halogenated alkanes) is 6. The Balaban J connectivity index is 0.000000831. The number of Topliss-reactive ketones (excluding diaryl/α,β-unsaturated/α-hetero) is 2. The lowest BCUT2D eigenvalue weighted by atomic mass is 10.0. The van der Waals surface area contributed by atoms with Gasteiger partial charge in [-0.25, -0.2) is 14.4 Å². The predicted molar refractivity (Wildman–Crippen MR) is 422 cm³/mol. The van der Waals surface area contributed by atoms with Crippen molar-refractivity contribution in [1.82, 2.24) is 62.6 Å². The first kappa shape index (κ1) is 97.9. The van der Waals surface area contributed by atoms with Gasteiger partial charge in [-0.3, -0.25) is 86.6 Å². The standard InChI is InChI=1S/C30H44N6O8.C23H39N5O6.C14H28N4O3.C11H17NO3/c1-19(2)26(35-24(38)9-5-4-6-15-36-25(39)16-20(3)29(36)42)28(41)34-23(8-7-14-32-30(31)43)27(40)33-22-12-10-21(11-13-22)17-44-18-37;1-14(2)20(21(32)26-17(16(4)29)9-8-11-25-23(24)34)27-18(30)10-6-5-7-12-28-19(31)13-15(3)22(28)33;1-5-16-12(9(2)3)13(20)18-11(10(4)19)7-6-8-17-14(15)21;1-9-8-10(14)12(11(9)15)6-4-2-3-5-7-13/h10-13,18-20,23,26H,4-9,14-17H2,1-3H3,(H,33,40)(H,34,41)(H,35,38)(H3,31,32,43);14-15,17,20H,5-13H2,1-4H3,(H,26,32)(H,27,30)(H3,24,25,34);9,11-12,16H,5-8H2,1-4H3,(H,18,20)(H3,15,17,21);7,9H,2-6,8H2,1H3/t20?,23-,26-;15?,17-,20-;11-,12-;/m000./s1/i18D;;;7D. The summed E-state index contributed by atoms with van der Waals surface area (Å²) in [6.07, 6.45) is 7.75. The molecule has 1 aromatic rings. The summed E-state index contributed by atoms with van der Waals surface area (Å²) in [4.78, 5) is 228. The van der Waals surface area contributed by atoms with Crippen LogP contribution in [0.3, 0.4) is 0 Å². The number of nitrogens with one attached hydrogen (secondary N) is 10. The van der Waals surface area contributed by atoms with Crippen LogP contribution in [0.2, 0.25) is 0 Å². The zero-order chi connectivity index (χ0) is 87.9. The van der Waals surface area contributed by atoms with Gasteiger partial charge in [0.15, 0.2) is 12.9 Å². The first-order chi connectivity index (χ1) is 54.5. The number of rotatable bonds is 49. The van der Waals surface area contributed by atoms with Crippen LogP contribution in [0.1, 0.15) is 226 Å². The molecule has 114 heavy (non-hydrogen) atoms. The van der Waals surface area contributed by atoms with E-state index in [0.29, 0.717) is 134 Å². The Kier molecular flexibility index (Phi) is 48.1. The highest BCUT2D eigenvalue weighted by atomic mass is 16.5. The third-order valence-corrected chi connectivity index (χ3v) is 18.7. The fourth-order valence-corrected chi connectivity index (χ4v) is 12.2. The van der Waals surface area contributed by atoms with Crippen LogP contribution in [0.5, 0.6) is 0 Å². The molecular formula is C78H128N16O20. The number of aldehydes is 1. The zero-order valence-corrected chi connectivity index (χ0v) is 68.5. The van der Waals surface area contributed by atoms with E-state index in [1.54, 1.807) is 72.7 Å². The molecule has 3 heterocycles. The molecule has 1 aromatic carbocycles. The van der Waals surface area contributed by atoms with Gasteiger partial charge in [-0.2, -0.15) is 0 Å². The third kappa shape index (κ3) is 41.0. The molecule has 0 spiro atoms. The maximum atomic E-state index is 13.3. The van der Waals surface area contributed by atoms with E-state index in [1.165, 1.54) is 28.5 Å². The monoisotopic (exact) mass is 1610 g/mol. The van der Waals surface area contributed by atoms with Crippen molar-refractivity contribution < 1.29 is 98.6 Å². The second kappa shape index (κ2) is 56.0. The number of anilines is 1. The van der Waals surface area contributed by atoms with E-state index in [-0.39, 0.29) is 158 Å². The van der Waals surface area contributed by atoms with Gasteiger partial charge in [0.1, 0.15) is 32.4 Å². The summed E-state index contributed by atoms with van der Waals surface area (Å²) in [6, 6.07) is 0.124. The van der Waals surface area contributed by atoms with Gasteiger partial charge in [0, 0.05) is 101 Å². The summed E-state index contributed by atoms with van der Waals surface area (Å²) < 4.78 is 18.2. The number of benzene rings is 1. The molecule has 3 unspecified atom stereocenters. The lowest BCUT2D eigenvalue weighted by molar-refractivity contribution is -0.140. The molecule has 640 valence electrons. The average molecular weight is 1610 g/mol. The second-order valence-electron chi connectivity index (χ2n) is 29.7. The van der Waals surface area contributed by atoms with Crippen molar-refractivity contribution >= 4 is 119 Å². The zero-order valence-electron chi connectivity index (χ0n) is 70.5. The van der Waals surface area contributed by atoms with Crippen LogP contribution in [-0.2, 0) is 88.1 Å². The molecule has 3 aliphatic rings. The van der Waals surface area contributed by atoms with Crippen LogP contribution in [0.4, 0.5) is 20.1 Å². The van der Waals surface area contributed by atoms with E-state index in [4.69, 9.17) is 19.9 Å². The molecule has 16 N–H and O–H groups in total. The molecule has 36 nitrogen and oxygen atoms in total. The summed E-state index contributed by atoms with van der Waals surface area (Å²) in [5.74, 6) is -4.48. The second-order valence-corrected chi connectivity index (χ2v) is 29.7. The molecule has 0 radical (unpaired) electrons. The SMILES string of the molecule is CC(=O)[C@H](CCCNC(N)=O)NC(=O)[C@@H](NC(=O)CCCCCN1C(=O)CC(C)C1=O)C(C)C.CCN[C@H](C(=O)N[C@@H](CCCNC(N)=O)C(C)=O)C(C)C.[2H]C(=O)CCCCCN1C(=O)CC(C)C1=O.[2H]C(=O)OCc1ccc(NC(=O)[C@H](CCCNC(N)=O)NC(=O)[C@@H](NC(=O)CCCCCN2C(=O)CC(C)C2=O)C(C)C)cc1. The fraction of sp³-hybridized carbons (Fsp3) is 0.679. The number of carbonyl (C=O) groups is 19. The van der Waals surface area contributed by atoms with Crippen LogP contribution in [0, 0.1) is 35.5 Å². The number of nitrogens with zero attached hydrogens (tertiary/aromatic N) is 3. The minimum absolute atomic E-state index is 0.0819. The normalized spacial score (nSPS) is 16.8. The number of urea groups is 3. The molecule has 18 amide bonds. The summed E-state index contributed by atoms with van der Waals surface area (Å²) >= 11 is 0. The first-order valence-electron chi connectivity index (χ1n) is 40.4. The number of hydrogen-bond acceptors (Lipinski definition) is 21. The molecule has 9 atom stereocenters. The van der Waals surface area contributed by atoms with Crippen molar-refractivity contribution in [2.24, 2.45) is 52.7 Å². The number of ketones is 2. The molecule has 3 fully saturated rings. The minimum Gasteiger partial charge on any atom is -0.463 e. The lowest BCUT2D eigenvalue weighted by Crippen LogP contribution is -2.54. The van der Waals surface area contributed by atoms with Crippen molar-refractivity contribution in [2.45, 2.75) is 261 Å². The molecular weight excluding hydrogens is 1480 g/mol. The Hall–Kier alpha value is -10.3. The average Bonchev–Trinajstić information content (AvgIpc) is 1.66. The number of likely N-dealkylation sites (N-methyl/N-ethyl adjacent to an activating group) is 1. The van der Waals surface area contributed by atoms with Gasteiger partial charge in [-0.1, -0.05) is 101 Å². The molecule has 3 saturated heterocycles. The van der Waals surface area contributed by atoms with Gasteiger partial charge in [0.05, 0.1) is 18.1 Å². The van der Waals surface area contributed by atoms with Crippen LogP contribution >= 0.6 is 0 Å². The topological polar surface area (TPSA) is 542 Å². The highest BCUT2D eigenvalue weighted by Gasteiger charge is 2.38. The van der Waals surface area contributed by atoms with Crippen molar-refractivity contribution in [3.05, 3.63) is 29.8 Å². The predicted octanol–water partition coefficient (Wildman–Crippen LogP) is 3.22. The Morgan fingerprint density at radius 1 is 0.474 bits per heavy atom. The van der Waals surface area contributed by atoms with Crippen molar-refractivity contribution in [3.63, 3.8) is 0 Å². The molecule has 4 rings (SSSR count). The molecule has 0 aliphatic carbocycles. The quantitative estimate of drug-likeness (QED) is 0.0253. The molecule has 36 heteroatoms. The summed E-state index contributed by atoms with van der Waals surface area (Å²) in [6.45, 7) is 23.6. The summed E-state index contributed by atoms with van der Waals surface area (Å²) in [5.41, 5.74) is 16.1. The summed E-state index contributed by atoms with van der Waals surface area (Å²) in [5, 5.41) is 26.8. The number of amides is 18.